The van der Waals surface area contributed by atoms with Gasteiger partial charge >= 0.3 is 0 Å². The number of nitrogens with zero attached hydrogens (tertiary/aromatic N) is 2. The second kappa shape index (κ2) is 10.3. The molecule has 2 amide bonds. The van der Waals surface area contributed by atoms with Gasteiger partial charge in [-0.2, -0.15) is 0 Å². The molecule has 1 atom stereocenters. The predicted molar refractivity (Wildman–Crippen MR) is 122 cm³/mol. The zero-order valence-electron chi connectivity index (χ0n) is 17.1. The van der Waals surface area contributed by atoms with Gasteiger partial charge in [0.1, 0.15) is 10.1 Å². The number of likely N-dealkylation sites (tertiary alicyclic amines) is 1. The number of hydrogen-bond donors (Lipinski definition) is 0. The minimum absolute atomic E-state index is 0.0836. The van der Waals surface area contributed by atoms with E-state index in [0.717, 1.165) is 37.1 Å². The number of hydrogen-bond acceptors (Lipinski definition) is 5. The molecule has 0 N–H and O–H groups in total. The fourth-order valence-electron chi connectivity index (χ4n) is 3.86. The molecule has 0 aliphatic carbocycles. The van der Waals surface area contributed by atoms with Crippen molar-refractivity contribution in [2.75, 3.05) is 20.2 Å². The third-order valence-electron chi connectivity index (χ3n) is 5.46. The van der Waals surface area contributed by atoms with Crippen LogP contribution in [0.4, 0.5) is 0 Å². The molecule has 0 spiro atoms. The third kappa shape index (κ3) is 5.39. The number of piperidine rings is 1. The fraction of sp³-hybridized carbons (Fsp3) is 0.500. The first-order valence-electron chi connectivity index (χ1n) is 10.2. The first-order chi connectivity index (χ1) is 14.0. The molecule has 156 valence electrons. The lowest BCUT2D eigenvalue weighted by atomic mass is 9.99. The second-order valence-electron chi connectivity index (χ2n) is 7.36. The molecule has 0 aromatic heterocycles. The van der Waals surface area contributed by atoms with Gasteiger partial charge in [0.15, 0.2) is 0 Å². The van der Waals surface area contributed by atoms with Crippen LogP contribution in [0.25, 0.3) is 6.08 Å². The van der Waals surface area contributed by atoms with E-state index in [4.69, 9.17) is 17.0 Å². The standard InChI is InChI=1S/C22H28N2O3S2/c1-3-17-9-4-5-12-23(17)20(25)11-7-13-24-21(26)19(29-22(24)28)15-16-8-6-10-18(14-16)27-2/h6,8,10,14-15,17H,3-5,7,9,11-13H2,1-2H3/b19-15-. The molecular weight excluding hydrogens is 404 g/mol. The molecule has 2 saturated heterocycles. The Morgan fingerprint density at radius 1 is 1.38 bits per heavy atom. The minimum Gasteiger partial charge on any atom is -0.497 e. The first-order valence-corrected chi connectivity index (χ1v) is 11.4. The number of carbonyl (C=O) groups is 2. The average molecular weight is 433 g/mol. The number of rotatable bonds is 7. The van der Waals surface area contributed by atoms with Crippen LogP contribution in [-0.4, -0.2) is 52.2 Å². The van der Waals surface area contributed by atoms with E-state index >= 15 is 0 Å². The lowest BCUT2D eigenvalue weighted by Gasteiger charge is -2.35. The summed E-state index contributed by atoms with van der Waals surface area (Å²) in [5, 5.41) is 0. The summed E-state index contributed by atoms with van der Waals surface area (Å²) < 4.78 is 5.79. The number of thiocarbonyl (C=S) groups is 1. The van der Waals surface area contributed by atoms with E-state index in [1.54, 1.807) is 12.0 Å². The van der Waals surface area contributed by atoms with Gasteiger partial charge in [0, 0.05) is 25.6 Å². The quantitative estimate of drug-likeness (QED) is 0.470. The average Bonchev–Trinajstić information content (AvgIpc) is 3.01. The molecule has 0 bridgehead atoms. The van der Waals surface area contributed by atoms with Crippen molar-refractivity contribution in [3.63, 3.8) is 0 Å². The minimum atomic E-state index is -0.0836. The van der Waals surface area contributed by atoms with Crippen LogP contribution in [0.5, 0.6) is 5.75 Å². The van der Waals surface area contributed by atoms with Crippen molar-refractivity contribution in [2.24, 2.45) is 0 Å². The Kier molecular flexibility index (Phi) is 7.72. The summed E-state index contributed by atoms with van der Waals surface area (Å²) in [6.07, 6.45) is 7.34. The molecule has 2 fully saturated rings. The lowest BCUT2D eigenvalue weighted by molar-refractivity contribution is -0.135. The smallest absolute Gasteiger partial charge is 0.266 e. The van der Waals surface area contributed by atoms with Crippen LogP contribution in [0.1, 0.15) is 51.0 Å². The summed E-state index contributed by atoms with van der Waals surface area (Å²) in [5.74, 6) is 0.865. The third-order valence-corrected chi connectivity index (χ3v) is 6.83. The van der Waals surface area contributed by atoms with Crippen molar-refractivity contribution in [3.05, 3.63) is 34.7 Å². The van der Waals surface area contributed by atoms with Crippen LogP contribution in [0.2, 0.25) is 0 Å². The molecule has 0 radical (unpaired) electrons. The molecule has 2 aliphatic heterocycles. The fourth-order valence-corrected chi connectivity index (χ4v) is 5.17. The summed E-state index contributed by atoms with van der Waals surface area (Å²) in [6.45, 7) is 3.49. The van der Waals surface area contributed by atoms with E-state index in [0.29, 0.717) is 34.7 Å². The van der Waals surface area contributed by atoms with E-state index in [9.17, 15) is 9.59 Å². The van der Waals surface area contributed by atoms with Crippen molar-refractivity contribution >= 4 is 46.2 Å². The van der Waals surface area contributed by atoms with Crippen LogP contribution in [0, 0.1) is 0 Å². The molecule has 1 aromatic carbocycles. The summed E-state index contributed by atoms with van der Waals surface area (Å²) in [5.41, 5.74) is 0.899. The van der Waals surface area contributed by atoms with Crippen LogP contribution in [-0.2, 0) is 9.59 Å². The molecular formula is C22H28N2O3S2. The van der Waals surface area contributed by atoms with E-state index in [2.05, 4.69) is 6.92 Å². The van der Waals surface area contributed by atoms with Gasteiger partial charge < -0.3 is 9.64 Å². The Morgan fingerprint density at radius 2 is 2.21 bits per heavy atom. The number of methoxy groups -OCH3 is 1. The van der Waals surface area contributed by atoms with Gasteiger partial charge in [-0.15, -0.1) is 0 Å². The first kappa shape index (κ1) is 21.8. The van der Waals surface area contributed by atoms with Crippen LogP contribution in [0.15, 0.2) is 29.2 Å². The van der Waals surface area contributed by atoms with E-state index < -0.39 is 0 Å². The molecule has 5 nitrogen and oxygen atoms in total. The van der Waals surface area contributed by atoms with Crippen molar-refractivity contribution in [3.8, 4) is 5.75 Å². The van der Waals surface area contributed by atoms with E-state index in [1.165, 1.54) is 18.2 Å². The molecule has 1 unspecified atom stereocenters. The lowest BCUT2D eigenvalue weighted by Crippen LogP contribution is -2.43. The van der Waals surface area contributed by atoms with Gasteiger partial charge in [-0.25, -0.2) is 0 Å². The van der Waals surface area contributed by atoms with E-state index in [-0.39, 0.29) is 11.8 Å². The summed E-state index contributed by atoms with van der Waals surface area (Å²) in [7, 11) is 1.62. The molecule has 1 aromatic rings. The van der Waals surface area contributed by atoms with Gasteiger partial charge in [0.05, 0.1) is 12.0 Å². The number of benzene rings is 1. The zero-order valence-corrected chi connectivity index (χ0v) is 18.7. The number of thioether (sulfide) groups is 1. The number of amides is 2. The predicted octanol–water partition coefficient (Wildman–Crippen LogP) is 4.47. The Balaban J connectivity index is 1.56. The van der Waals surface area contributed by atoms with Crippen LogP contribution >= 0.6 is 24.0 Å². The maximum Gasteiger partial charge on any atom is 0.266 e. The Bertz CT molecular complexity index is 809. The highest BCUT2D eigenvalue weighted by Crippen LogP contribution is 2.33. The van der Waals surface area contributed by atoms with Gasteiger partial charge in [0.2, 0.25) is 5.91 Å². The summed E-state index contributed by atoms with van der Waals surface area (Å²) in [4.78, 5) is 29.7. The van der Waals surface area contributed by atoms with Gasteiger partial charge in [0.25, 0.3) is 5.91 Å². The summed E-state index contributed by atoms with van der Waals surface area (Å²) in [6, 6.07) is 7.94. The van der Waals surface area contributed by atoms with Gasteiger partial charge in [-0.1, -0.05) is 43.0 Å². The molecule has 0 saturated carbocycles. The van der Waals surface area contributed by atoms with Crippen molar-refractivity contribution in [1.29, 1.82) is 0 Å². The molecule has 3 rings (SSSR count). The SMILES string of the molecule is CCC1CCCCN1C(=O)CCCN1C(=O)/C(=C/c2cccc(OC)c2)SC1=S. The Labute approximate surface area is 182 Å². The maximum absolute atomic E-state index is 12.8. The Morgan fingerprint density at radius 3 is 2.97 bits per heavy atom. The summed E-state index contributed by atoms with van der Waals surface area (Å²) >= 11 is 6.72. The maximum atomic E-state index is 12.8. The molecule has 29 heavy (non-hydrogen) atoms. The van der Waals surface area contributed by atoms with Crippen molar-refractivity contribution in [2.45, 2.75) is 51.5 Å². The van der Waals surface area contributed by atoms with Crippen LogP contribution < -0.4 is 4.74 Å². The van der Waals surface area contributed by atoms with Gasteiger partial charge in [-0.3, -0.25) is 14.5 Å². The number of carbonyl (C=O) groups excluding carboxylic acids is 2. The van der Waals surface area contributed by atoms with Crippen molar-refractivity contribution in [1.82, 2.24) is 9.80 Å². The highest BCUT2D eigenvalue weighted by molar-refractivity contribution is 8.26. The molecule has 2 aliphatic rings. The second-order valence-corrected chi connectivity index (χ2v) is 9.03. The Hall–Kier alpha value is -1.86. The number of ether oxygens (including phenoxy) is 1. The normalized spacial score (nSPS) is 21.2. The van der Waals surface area contributed by atoms with E-state index in [1.807, 2.05) is 35.2 Å². The largest absolute Gasteiger partial charge is 0.497 e. The van der Waals surface area contributed by atoms with Gasteiger partial charge in [-0.05, 0) is 55.9 Å². The monoisotopic (exact) mass is 432 g/mol. The highest BCUT2D eigenvalue weighted by atomic mass is 32.2. The van der Waals surface area contributed by atoms with Crippen molar-refractivity contribution < 1.29 is 14.3 Å². The molecule has 7 heteroatoms. The highest BCUT2D eigenvalue weighted by Gasteiger charge is 2.32. The zero-order chi connectivity index (χ0) is 20.8. The topological polar surface area (TPSA) is 49.9 Å². The van der Waals surface area contributed by atoms with Crippen LogP contribution in [0.3, 0.4) is 0 Å². The molecule has 2 heterocycles.